The Hall–Kier alpha value is -3.55. The van der Waals surface area contributed by atoms with Crippen LogP contribution >= 0.6 is 0 Å². The molecule has 29 heavy (non-hydrogen) atoms. The van der Waals surface area contributed by atoms with Gasteiger partial charge in [0.1, 0.15) is 17.2 Å². The minimum Gasteiger partial charge on any atom is -0.497 e. The molecule has 0 atom stereocenters. The molecule has 2 aromatic carbocycles. The lowest BCUT2D eigenvalue weighted by Gasteiger charge is -2.07. The minimum atomic E-state index is -0.104. The van der Waals surface area contributed by atoms with Crippen molar-refractivity contribution in [3.63, 3.8) is 0 Å². The average Bonchev–Trinajstić information content (AvgIpc) is 3.25. The van der Waals surface area contributed by atoms with Crippen LogP contribution in [0, 0.1) is 0 Å². The summed E-state index contributed by atoms with van der Waals surface area (Å²) in [5, 5.41) is 6.70. The number of hydrogen-bond acceptors (Lipinski definition) is 7. The van der Waals surface area contributed by atoms with Crippen LogP contribution in [0.5, 0.6) is 17.2 Å². The van der Waals surface area contributed by atoms with Crippen molar-refractivity contribution >= 4 is 5.91 Å². The molecule has 0 aliphatic heterocycles. The molecular weight excluding hydrogens is 374 g/mol. The monoisotopic (exact) mass is 397 g/mol. The van der Waals surface area contributed by atoms with Gasteiger partial charge in [0.15, 0.2) is 0 Å². The fourth-order valence-electron chi connectivity index (χ4n) is 2.54. The molecule has 0 bridgehead atoms. The fraction of sp³-hybridized carbons (Fsp3) is 0.286. The van der Waals surface area contributed by atoms with E-state index in [-0.39, 0.29) is 12.5 Å². The van der Waals surface area contributed by atoms with Crippen molar-refractivity contribution in [1.29, 1.82) is 0 Å². The fourth-order valence-corrected chi connectivity index (χ4v) is 2.54. The van der Waals surface area contributed by atoms with Crippen LogP contribution in [-0.2, 0) is 11.3 Å². The van der Waals surface area contributed by atoms with Gasteiger partial charge in [0.05, 0.1) is 27.4 Å². The Kier molecular flexibility index (Phi) is 7.05. The van der Waals surface area contributed by atoms with E-state index in [1.165, 1.54) is 0 Å². The highest BCUT2D eigenvalue weighted by molar-refractivity contribution is 5.75. The Balaban J connectivity index is 1.37. The summed E-state index contributed by atoms with van der Waals surface area (Å²) in [7, 11) is 3.22. The van der Waals surface area contributed by atoms with Gasteiger partial charge < -0.3 is 24.1 Å². The predicted octanol–water partition coefficient (Wildman–Crippen LogP) is 3.23. The smallest absolute Gasteiger partial charge is 0.246 e. The molecule has 1 N–H and O–H groups in total. The molecule has 0 aliphatic carbocycles. The lowest BCUT2D eigenvalue weighted by atomic mass is 10.2. The van der Waals surface area contributed by atoms with Crippen LogP contribution in [0.15, 0.2) is 53.1 Å². The van der Waals surface area contributed by atoms with Crippen LogP contribution in [0.2, 0.25) is 0 Å². The van der Waals surface area contributed by atoms with Crippen LogP contribution in [0.3, 0.4) is 0 Å². The standard InChI is InChI=1S/C21H23N3O5/c1-26-16-7-5-15(6-8-16)21-23-20(29-24-21)14-22-19(25)4-3-13-28-18-11-9-17(27-2)10-12-18/h5-12H,3-4,13-14H2,1-2H3,(H,22,25). The summed E-state index contributed by atoms with van der Waals surface area (Å²) in [4.78, 5) is 16.3. The van der Waals surface area contributed by atoms with Gasteiger partial charge in [-0.2, -0.15) is 4.98 Å². The Bertz CT molecular complexity index is 907. The number of hydrogen-bond donors (Lipinski definition) is 1. The van der Waals surface area contributed by atoms with Gasteiger partial charge in [0.25, 0.3) is 0 Å². The van der Waals surface area contributed by atoms with Crippen LogP contribution < -0.4 is 19.5 Å². The lowest BCUT2D eigenvalue weighted by molar-refractivity contribution is -0.121. The van der Waals surface area contributed by atoms with Gasteiger partial charge >= 0.3 is 0 Å². The highest BCUT2D eigenvalue weighted by Gasteiger charge is 2.10. The summed E-state index contributed by atoms with van der Waals surface area (Å²) in [6.07, 6.45) is 0.939. The van der Waals surface area contributed by atoms with Gasteiger partial charge in [-0.15, -0.1) is 0 Å². The van der Waals surface area contributed by atoms with E-state index in [0.717, 1.165) is 22.8 Å². The van der Waals surface area contributed by atoms with Gasteiger partial charge in [-0.05, 0) is 55.0 Å². The summed E-state index contributed by atoms with van der Waals surface area (Å²) >= 11 is 0. The van der Waals surface area contributed by atoms with E-state index < -0.39 is 0 Å². The zero-order chi connectivity index (χ0) is 20.5. The third kappa shape index (κ3) is 5.97. The van der Waals surface area contributed by atoms with Crippen molar-refractivity contribution in [2.75, 3.05) is 20.8 Å². The number of carbonyl (C=O) groups is 1. The number of aromatic nitrogens is 2. The maximum atomic E-state index is 12.0. The minimum absolute atomic E-state index is 0.104. The van der Waals surface area contributed by atoms with Crippen molar-refractivity contribution in [3.8, 4) is 28.6 Å². The molecule has 3 rings (SSSR count). The summed E-state index contributed by atoms with van der Waals surface area (Å²) in [6.45, 7) is 0.628. The van der Waals surface area contributed by atoms with Gasteiger partial charge in [0, 0.05) is 12.0 Å². The number of nitrogens with zero attached hydrogens (tertiary/aromatic N) is 2. The van der Waals surface area contributed by atoms with Crippen LogP contribution in [0.25, 0.3) is 11.4 Å². The Morgan fingerprint density at radius 2 is 1.59 bits per heavy atom. The second-order valence-corrected chi connectivity index (χ2v) is 6.14. The number of benzene rings is 2. The van der Waals surface area contributed by atoms with Crippen molar-refractivity contribution in [2.24, 2.45) is 0 Å². The highest BCUT2D eigenvalue weighted by atomic mass is 16.5. The number of rotatable bonds is 10. The van der Waals surface area contributed by atoms with Gasteiger partial charge in [-0.1, -0.05) is 5.16 Å². The Morgan fingerprint density at radius 3 is 2.24 bits per heavy atom. The second-order valence-electron chi connectivity index (χ2n) is 6.14. The van der Waals surface area contributed by atoms with Gasteiger partial charge in [0.2, 0.25) is 17.6 Å². The zero-order valence-electron chi connectivity index (χ0n) is 16.4. The van der Waals surface area contributed by atoms with E-state index in [9.17, 15) is 4.79 Å². The number of nitrogens with one attached hydrogen (secondary N) is 1. The van der Waals surface area contributed by atoms with Gasteiger partial charge in [-0.3, -0.25) is 4.79 Å². The molecule has 0 saturated heterocycles. The first kappa shape index (κ1) is 20.2. The molecule has 0 aliphatic rings. The SMILES string of the molecule is COc1ccc(OCCCC(=O)NCc2nc(-c3ccc(OC)cc3)no2)cc1. The molecule has 8 nitrogen and oxygen atoms in total. The average molecular weight is 397 g/mol. The van der Waals surface area contributed by atoms with Crippen LogP contribution in [0.4, 0.5) is 0 Å². The molecule has 0 fully saturated rings. The molecule has 1 heterocycles. The summed E-state index contributed by atoms with van der Waals surface area (Å²) in [5.41, 5.74) is 0.808. The number of methoxy groups -OCH3 is 2. The predicted molar refractivity (Wildman–Crippen MR) is 106 cm³/mol. The third-order valence-corrected chi connectivity index (χ3v) is 4.13. The first-order valence-electron chi connectivity index (χ1n) is 9.18. The molecular formula is C21H23N3O5. The molecule has 0 radical (unpaired) electrons. The molecule has 0 unspecified atom stereocenters. The topological polar surface area (TPSA) is 95.7 Å². The summed E-state index contributed by atoms with van der Waals surface area (Å²) in [6, 6.07) is 14.6. The maximum absolute atomic E-state index is 12.0. The highest BCUT2D eigenvalue weighted by Crippen LogP contribution is 2.20. The third-order valence-electron chi connectivity index (χ3n) is 4.13. The molecule has 8 heteroatoms. The van der Waals surface area contributed by atoms with E-state index >= 15 is 0 Å². The first-order chi connectivity index (χ1) is 14.2. The van der Waals surface area contributed by atoms with E-state index in [1.54, 1.807) is 14.2 Å². The van der Waals surface area contributed by atoms with Crippen molar-refractivity contribution in [3.05, 3.63) is 54.4 Å². The molecule has 1 amide bonds. The summed E-state index contributed by atoms with van der Waals surface area (Å²) in [5.74, 6) is 2.97. The van der Waals surface area contributed by atoms with Crippen molar-refractivity contribution in [1.82, 2.24) is 15.5 Å². The number of carbonyl (C=O) groups excluding carboxylic acids is 1. The van der Waals surface area contributed by atoms with E-state index in [4.69, 9.17) is 18.7 Å². The molecule has 152 valence electrons. The summed E-state index contributed by atoms with van der Waals surface area (Å²) < 4.78 is 21.0. The Morgan fingerprint density at radius 1 is 0.966 bits per heavy atom. The molecule has 1 aromatic heterocycles. The second kappa shape index (κ2) is 10.1. The van der Waals surface area contributed by atoms with E-state index in [1.807, 2.05) is 48.5 Å². The zero-order valence-corrected chi connectivity index (χ0v) is 16.4. The van der Waals surface area contributed by atoms with Crippen LogP contribution in [0.1, 0.15) is 18.7 Å². The van der Waals surface area contributed by atoms with Crippen molar-refractivity contribution in [2.45, 2.75) is 19.4 Å². The largest absolute Gasteiger partial charge is 0.497 e. The maximum Gasteiger partial charge on any atom is 0.246 e. The first-order valence-corrected chi connectivity index (χ1v) is 9.18. The van der Waals surface area contributed by atoms with Gasteiger partial charge in [-0.25, -0.2) is 0 Å². The molecule has 0 saturated carbocycles. The number of ether oxygens (including phenoxy) is 3. The van der Waals surface area contributed by atoms with Crippen LogP contribution in [-0.4, -0.2) is 36.9 Å². The van der Waals surface area contributed by atoms with E-state index in [2.05, 4.69) is 15.5 Å². The lowest BCUT2D eigenvalue weighted by Crippen LogP contribution is -2.23. The quantitative estimate of drug-likeness (QED) is 0.525. The van der Waals surface area contributed by atoms with E-state index in [0.29, 0.717) is 31.2 Å². The van der Waals surface area contributed by atoms with Crippen molar-refractivity contribution < 1.29 is 23.5 Å². The molecule has 3 aromatic rings. The Labute approximate surface area is 168 Å². The molecule has 0 spiro atoms. The number of amides is 1. The normalized spacial score (nSPS) is 10.4.